The third-order valence-corrected chi connectivity index (χ3v) is 4.73. The maximum atomic E-state index is 3.85. The van der Waals surface area contributed by atoms with Crippen LogP contribution < -0.4 is 5.32 Å². The van der Waals surface area contributed by atoms with Crippen molar-refractivity contribution in [2.24, 2.45) is 11.8 Å². The standard InChI is InChI=1S/C17H35N/c1-4-13-18-17(14-15(3)5-2)16-11-9-7-6-8-10-12-16/h15-18H,4-14H2,1-3H3. The first-order valence-electron chi connectivity index (χ1n) is 8.51. The van der Waals surface area contributed by atoms with E-state index in [0.29, 0.717) is 0 Å². The molecule has 0 spiro atoms. The molecule has 1 aliphatic rings. The summed E-state index contributed by atoms with van der Waals surface area (Å²) in [5, 5.41) is 3.85. The molecule has 1 nitrogen and oxygen atoms in total. The Morgan fingerprint density at radius 3 is 2.17 bits per heavy atom. The lowest BCUT2D eigenvalue weighted by molar-refractivity contribution is 0.249. The van der Waals surface area contributed by atoms with Gasteiger partial charge in [-0.3, -0.25) is 0 Å². The molecule has 2 atom stereocenters. The summed E-state index contributed by atoms with van der Waals surface area (Å²) in [6, 6.07) is 0.790. The molecule has 0 aromatic carbocycles. The molecule has 1 rings (SSSR count). The number of hydrogen-bond donors (Lipinski definition) is 1. The van der Waals surface area contributed by atoms with Gasteiger partial charge in [0.15, 0.2) is 0 Å². The van der Waals surface area contributed by atoms with Gasteiger partial charge in [-0.15, -0.1) is 0 Å². The smallest absolute Gasteiger partial charge is 0.00978 e. The van der Waals surface area contributed by atoms with Crippen molar-refractivity contribution >= 4 is 0 Å². The molecule has 0 saturated heterocycles. The van der Waals surface area contributed by atoms with Gasteiger partial charge in [0.25, 0.3) is 0 Å². The van der Waals surface area contributed by atoms with E-state index in [1.165, 1.54) is 70.8 Å². The number of rotatable bonds is 7. The fourth-order valence-electron chi connectivity index (χ4n) is 3.26. The molecule has 0 aromatic rings. The SMILES string of the molecule is CCCNC(CC(C)CC)C1CCCCCCC1. The summed E-state index contributed by atoms with van der Waals surface area (Å²) < 4.78 is 0. The molecule has 1 N–H and O–H groups in total. The Morgan fingerprint density at radius 2 is 1.61 bits per heavy atom. The van der Waals surface area contributed by atoms with Crippen LogP contribution in [0.2, 0.25) is 0 Å². The minimum absolute atomic E-state index is 0.790. The molecule has 1 saturated carbocycles. The zero-order valence-electron chi connectivity index (χ0n) is 13.0. The van der Waals surface area contributed by atoms with Crippen molar-refractivity contribution in [3.05, 3.63) is 0 Å². The summed E-state index contributed by atoms with van der Waals surface area (Å²) in [6.07, 6.45) is 14.3. The van der Waals surface area contributed by atoms with Gasteiger partial charge in [0, 0.05) is 6.04 Å². The second-order valence-corrected chi connectivity index (χ2v) is 6.41. The van der Waals surface area contributed by atoms with E-state index in [4.69, 9.17) is 0 Å². The Balaban J connectivity index is 2.48. The summed E-state index contributed by atoms with van der Waals surface area (Å²) in [7, 11) is 0. The van der Waals surface area contributed by atoms with Gasteiger partial charge in [0.1, 0.15) is 0 Å². The van der Waals surface area contributed by atoms with Crippen molar-refractivity contribution in [3.8, 4) is 0 Å². The first kappa shape index (κ1) is 16.0. The van der Waals surface area contributed by atoms with E-state index < -0.39 is 0 Å². The lowest BCUT2D eigenvalue weighted by Crippen LogP contribution is -2.38. The molecule has 0 bridgehead atoms. The monoisotopic (exact) mass is 253 g/mol. The van der Waals surface area contributed by atoms with E-state index in [1.54, 1.807) is 0 Å². The van der Waals surface area contributed by atoms with Crippen LogP contribution in [0.15, 0.2) is 0 Å². The largest absolute Gasteiger partial charge is 0.314 e. The lowest BCUT2D eigenvalue weighted by atomic mass is 9.82. The molecule has 2 unspecified atom stereocenters. The molecule has 18 heavy (non-hydrogen) atoms. The average Bonchev–Trinajstić information content (AvgIpc) is 2.34. The first-order valence-corrected chi connectivity index (χ1v) is 8.51. The summed E-state index contributed by atoms with van der Waals surface area (Å²) >= 11 is 0. The van der Waals surface area contributed by atoms with Crippen molar-refractivity contribution < 1.29 is 0 Å². The quantitative estimate of drug-likeness (QED) is 0.661. The van der Waals surface area contributed by atoms with Gasteiger partial charge in [-0.25, -0.2) is 0 Å². The van der Waals surface area contributed by atoms with Gasteiger partial charge in [-0.05, 0) is 44.1 Å². The molecule has 0 radical (unpaired) electrons. The molecule has 1 fully saturated rings. The van der Waals surface area contributed by atoms with Crippen molar-refractivity contribution in [3.63, 3.8) is 0 Å². The Labute approximate surface area is 115 Å². The maximum absolute atomic E-state index is 3.85. The van der Waals surface area contributed by atoms with Gasteiger partial charge in [0.05, 0.1) is 0 Å². The van der Waals surface area contributed by atoms with E-state index in [9.17, 15) is 0 Å². The van der Waals surface area contributed by atoms with E-state index in [0.717, 1.165) is 17.9 Å². The average molecular weight is 253 g/mol. The Bertz CT molecular complexity index is 182. The Hall–Kier alpha value is -0.0400. The highest BCUT2D eigenvalue weighted by Crippen LogP contribution is 2.28. The van der Waals surface area contributed by atoms with Gasteiger partial charge >= 0.3 is 0 Å². The van der Waals surface area contributed by atoms with E-state index in [-0.39, 0.29) is 0 Å². The highest BCUT2D eigenvalue weighted by Gasteiger charge is 2.22. The lowest BCUT2D eigenvalue weighted by Gasteiger charge is -2.31. The predicted octanol–water partition coefficient (Wildman–Crippen LogP) is 5.15. The molecule has 0 heterocycles. The number of nitrogens with one attached hydrogen (secondary N) is 1. The van der Waals surface area contributed by atoms with Crippen molar-refractivity contribution in [2.45, 2.75) is 91.0 Å². The highest BCUT2D eigenvalue weighted by atomic mass is 14.9. The fraction of sp³-hybridized carbons (Fsp3) is 1.00. The molecule has 108 valence electrons. The zero-order chi connectivity index (χ0) is 13.2. The molecule has 0 amide bonds. The van der Waals surface area contributed by atoms with Crippen LogP contribution >= 0.6 is 0 Å². The maximum Gasteiger partial charge on any atom is 0.00978 e. The van der Waals surface area contributed by atoms with Crippen LogP contribution in [-0.4, -0.2) is 12.6 Å². The summed E-state index contributed by atoms with van der Waals surface area (Å²) in [6.45, 7) is 8.24. The van der Waals surface area contributed by atoms with Crippen LogP contribution in [0.3, 0.4) is 0 Å². The fourth-order valence-corrected chi connectivity index (χ4v) is 3.26. The van der Waals surface area contributed by atoms with E-state index in [1.807, 2.05) is 0 Å². The van der Waals surface area contributed by atoms with Gasteiger partial charge in [-0.2, -0.15) is 0 Å². The highest BCUT2D eigenvalue weighted by molar-refractivity contribution is 4.79. The summed E-state index contributed by atoms with van der Waals surface area (Å²) in [5.41, 5.74) is 0. The van der Waals surface area contributed by atoms with Crippen molar-refractivity contribution in [1.82, 2.24) is 5.32 Å². The van der Waals surface area contributed by atoms with Crippen LogP contribution in [0.25, 0.3) is 0 Å². The molecular formula is C17H35N. The van der Waals surface area contributed by atoms with E-state index in [2.05, 4.69) is 26.1 Å². The van der Waals surface area contributed by atoms with Gasteiger partial charge in [0.2, 0.25) is 0 Å². The summed E-state index contributed by atoms with van der Waals surface area (Å²) in [5.74, 6) is 1.83. The van der Waals surface area contributed by atoms with Crippen molar-refractivity contribution in [2.75, 3.05) is 6.54 Å². The molecular weight excluding hydrogens is 218 g/mol. The van der Waals surface area contributed by atoms with Crippen LogP contribution in [-0.2, 0) is 0 Å². The molecule has 0 aromatic heterocycles. The van der Waals surface area contributed by atoms with Crippen LogP contribution in [0.4, 0.5) is 0 Å². The van der Waals surface area contributed by atoms with Crippen LogP contribution in [0, 0.1) is 11.8 Å². The van der Waals surface area contributed by atoms with E-state index >= 15 is 0 Å². The second kappa shape index (κ2) is 9.83. The second-order valence-electron chi connectivity index (χ2n) is 6.41. The topological polar surface area (TPSA) is 12.0 Å². The zero-order valence-corrected chi connectivity index (χ0v) is 13.0. The van der Waals surface area contributed by atoms with Crippen LogP contribution in [0.1, 0.15) is 85.0 Å². The number of hydrogen-bond acceptors (Lipinski definition) is 1. The minimum atomic E-state index is 0.790. The third-order valence-electron chi connectivity index (χ3n) is 4.73. The van der Waals surface area contributed by atoms with Crippen LogP contribution in [0.5, 0.6) is 0 Å². The van der Waals surface area contributed by atoms with Gasteiger partial charge < -0.3 is 5.32 Å². The minimum Gasteiger partial charge on any atom is -0.314 e. The molecule has 1 aliphatic carbocycles. The molecule has 0 aliphatic heterocycles. The van der Waals surface area contributed by atoms with Crippen molar-refractivity contribution in [1.29, 1.82) is 0 Å². The third kappa shape index (κ3) is 6.22. The summed E-state index contributed by atoms with van der Waals surface area (Å²) in [4.78, 5) is 0. The van der Waals surface area contributed by atoms with Gasteiger partial charge in [-0.1, -0.05) is 59.3 Å². The predicted molar refractivity (Wildman–Crippen MR) is 82.0 cm³/mol. The Kier molecular flexibility index (Phi) is 8.75. The first-order chi connectivity index (χ1) is 8.77. The molecule has 1 heteroatoms. The normalized spacial score (nSPS) is 22.2. The Morgan fingerprint density at radius 1 is 1.00 bits per heavy atom.